The van der Waals surface area contributed by atoms with Crippen molar-refractivity contribution < 1.29 is 24.0 Å². The van der Waals surface area contributed by atoms with E-state index in [1.54, 1.807) is 23.7 Å². The molecule has 178 valence electrons. The summed E-state index contributed by atoms with van der Waals surface area (Å²) in [6.07, 6.45) is 1.91. The Morgan fingerprint density at radius 1 is 1.09 bits per heavy atom. The van der Waals surface area contributed by atoms with Crippen LogP contribution in [0.3, 0.4) is 0 Å². The van der Waals surface area contributed by atoms with E-state index in [-0.39, 0.29) is 17.8 Å². The number of hydrogen-bond donors (Lipinski definition) is 3. The van der Waals surface area contributed by atoms with Crippen LogP contribution in [0.5, 0.6) is 0 Å². The fraction of sp³-hybridized carbons (Fsp3) is 0.125. The molecule has 4 aromatic rings. The molecule has 4 rings (SSSR count). The van der Waals surface area contributed by atoms with Gasteiger partial charge in [-0.2, -0.15) is 0 Å². The summed E-state index contributed by atoms with van der Waals surface area (Å²) >= 11 is 1.24. The number of benzene rings is 2. The van der Waals surface area contributed by atoms with E-state index in [4.69, 9.17) is 4.74 Å². The molecular formula is C24H20N4O6S. The van der Waals surface area contributed by atoms with Gasteiger partial charge >= 0.3 is 5.97 Å². The number of para-hydroxylation sites is 1. The molecule has 2 aromatic carbocycles. The van der Waals surface area contributed by atoms with Crippen molar-refractivity contribution in [2.45, 2.75) is 12.5 Å². The van der Waals surface area contributed by atoms with Gasteiger partial charge in [0.05, 0.1) is 9.80 Å². The molecule has 2 heterocycles. The Hall–Kier alpha value is -4.51. The van der Waals surface area contributed by atoms with Crippen molar-refractivity contribution in [3.8, 4) is 0 Å². The van der Waals surface area contributed by atoms with Gasteiger partial charge in [0, 0.05) is 41.3 Å². The number of hydrogen-bond acceptors (Lipinski definition) is 7. The van der Waals surface area contributed by atoms with Crippen molar-refractivity contribution in [2.75, 3.05) is 11.9 Å². The highest BCUT2D eigenvalue weighted by Crippen LogP contribution is 2.20. The summed E-state index contributed by atoms with van der Waals surface area (Å²) < 4.78 is 5.19. The number of aromatic amines is 1. The highest BCUT2D eigenvalue weighted by atomic mass is 32.1. The monoisotopic (exact) mass is 492 g/mol. The number of nitrogens with zero attached hydrogens (tertiary/aromatic N) is 1. The summed E-state index contributed by atoms with van der Waals surface area (Å²) in [6, 6.07) is 15.3. The first-order valence-electron chi connectivity index (χ1n) is 10.5. The number of non-ortho nitro benzene ring substituents is 1. The second kappa shape index (κ2) is 10.6. The van der Waals surface area contributed by atoms with Gasteiger partial charge in [-0.15, -0.1) is 11.3 Å². The highest BCUT2D eigenvalue weighted by Gasteiger charge is 2.26. The number of thiophene rings is 1. The van der Waals surface area contributed by atoms with E-state index in [2.05, 4.69) is 15.6 Å². The molecule has 0 fully saturated rings. The molecule has 0 unspecified atom stereocenters. The Morgan fingerprint density at radius 3 is 2.69 bits per heavy atom. The number of H-pyrrole nitrogens is 1. The Balaban J connectivity index is 1.44. The zero-order chi connectivity index (χ0) is 24.8. The number of aromatic nitrogens is 1. The molecule has 35 heavy (non-hydrogen) atoms. The summed E-state index contributed by atoms with van der Waals surface area (Å²) in [5.41, 5.74) is 1.70. The van der Waals surface area contributed by atoms with Gasteiger partial charge < -0.3 is 20.4 Å². The van der Waals surface area contributed by atoms with E-state index < -0.39 is 35.4 Å². The van der Waals surface area contributed by atoms with Crippen molar-refractivity contribution in [3.05, 3.63) is 92.8 Å². The molecule has 0 aliphatic carbocycles. The van der Waals surface area contributed by atoms with Crippen molar-refractivity contribution in [1.82, 2.24) is 10.3 Å². The van der Waals surface area contributed by atoms with Gasteiger partial charge in [-0.05, 0) is 29.1 Å². The minimum Gasteiger partial charge on any atom is -0.454 e. The molecule has 0 radical (unpaired) electrons. The summed E-state index contributed by atoms with van der Waals surface area (Å²) in [7, 11) is 0. The lowest BCUT2D eigenvalue weighted by molar-refractivity contribution is -0.384. The van der Waals surface area contributed by atoms with Gasteiger partial charge in [-0.25, -0.2) is 4.79 Å². The highest BCUT2D eigenvalue weighted by molar-refractivity contribution is 7.12. The average Bonchev–Trinajstić information content (AvgIpc) is 3.53. The van der Waals surface area contributed by atoms with Crippen LogP contribution >= 0.6 is 11.3 Å². The van der Waals surface area contributed by atoms with Crippen molar-refractivity contribution >= 4 is 51.4 Å². The lowest BCUT2D eigenvalue weighted by Gasteiger charge is -2.17. The predicted molar refractivity (Wildman–Crippen MR) is 130 cm³/mol. The second-order valence-corrected chi connectivity index (χ2v) is 8.48. The molecule has 0 spiro atoms. The lowest BCUT2D eigenvalue weighted by atomic mass is 10.0. The number of nitro benzene ring substituents is 1. The summed E-state index contributed by atoms with van der Waals surface area (Å²) in [5, 5.41) is 18.7. The molecule has 2 amide bonds. The SMILES string of the molecule is O=C(COC(=O)[C@H](Cc1c[nH]c2ccccc12)NC(=O)c1cccs1)Nc1cccc([N+](=O)[O-])c1. The van der Waals surface area contributed by atoms with E-state index in [1.807, 2.05) is 24.3 Å². The maximum atomic E-state index is 12.9. The molecule has 3 N–H and O–H groups in total. The van der Waals surface area contributed by atoms with Crippen LogP contribution in [0.15, 0.2) is 72.2 Å². The molecule has 11 heteroatoms. The maximum absolute atomic E-state index is 12.9. The minimum atomic E-state index is -1.05. The lowest BCUT2D eigenvalue weighted by Crippen LogP contribution is -2.43. The number of fused-ring (bicyclic) bond motifs is 1. The molecule has 0 aliphatic rings. The van der Waals surface area contributed by atoms with Gasteiger partial charge in [0.25, 0.3) is 17.5 Å². The normalized spacial score (nSPS) is 11.5. The van der Waals surface area contributed by atoms with E-state index in [0.717, 1.165) is 16.5 Å². The van der Waals surface area contributed by atoms with Gasteiger partial charge in [-0.3, -0.25) is 19.7 Å². The first-order chi connectivity index (χ1) is 16.9. The molecular weight excluding hydrogens is 472 g/mol. The first kappa shape index (κ1) is 23.6. The van der Waals surface area contributed by atoms with Crippen LogP contribution in [-0.2, 0) is 20.7 Å². The first-order valence-corrected chi connectivity index (χ1v) is 11.4. The molecule has 0 saturated carbocycles. The molecule has 0 aliphatic heterocycles. The average molecular weight is 493 g/mol. The van der Waals surface area contributed by atoms with E-state index in [1.165, 1.54) is 35.6 Å². The predicted octanol–water partition coefficient (Wildman–Crippen LogP) is 3.66. The van der Waals surface area contributed by atoms with Gasteiger partial charge in [0.2, 0.25) is 0 Å². The quantitative estimate of drug-likeness (QED) is 0.185. The Labute approximate surface area is 203 Å². The van der Waals surface area contributed by atoms with Crippen LogP contribution in [0.2, 0.25) is 0 Å². The molecule has 2 aromatic heterocycles. The molecule has 0 saturated heterocycles. The number of rotatable bonds is 9. The van der Waals surface area contributed by atoms with Gasteiger partial charge in [-0.1, -0.05) is 30.3 Å². The summed E-state index contributed by atoms with van der Waals surface area (Å²) in [6.45, 7) is -0.624. The number of amides is 2. The van der Waals surface area contributed by atoms with Crippen LogP contribution in [0, 0.1) is 10.1 Å². The standard InChI is InChI=1S/C24H20N4O6S/c29-22(26-16-5-3-6-17(12-16)28(32)33)14-34-24(31)20(27-23(30)21-9-4-10-35-21)11-15-13-25-19-8-2-1-7-18(15)19/h1-10,12-13,20,25H,11,14H2,(H,26,29)(H,27,30)/t20-/m0/s1. The number of anilines is 1. The second-order valence-electron chi connectivity index (χ2n) is 7.53. The van der Waals surface area contributed by atoms with Crippen LogP contribution in [0.25, 0.3) is 10.9 Å². The zero-order valence-electron chi connectivity index (χ0n) is 18.2. The number of carbonyl (C=O) groups is 3. The van der Waals surface area contributed by atoms with Crippen molar-refractivity contribution in [3.63, 3.8) is 0 Å². The van der Waals surface area contributed by atoms with Crippen molar-refractivity contribution in [2.24, 2.45) is 0 Å². The zero-order valence-corrected chi connectivity index (χ0v) is 19.0. The smallest absolute Gasteiger partial charge is 0.329 e. The van der Waals surface area contributed by atoms with E-state index in [9.17, 15) is 24.5 Å². The number of nitro groups is 1. The van der Waals surface area contributed by atoms with Crippen LogP contribution in [0.4, 0.5) is 11.4 Å². The Morgan fingerprint density at radius 2 is 1.91 bits per heavy atom. The summed E-state index contributed by atoms with van der Waals surface area (Å²) in [4.78, 5) is 51.7. The largest absolute Gasteiger partial charge is 0.454 e. The number of nitrogens with one attached hydrogen (secondary N) is 3. The molecule has 1 atom stereocenters. The third kappa shape index (κ3) is 5.89. The topological polar surface area (TPSA) is 143 Å². The summed E-state index contributed by atoms with van der Waals surface area (Å²) in [5.74, 6) is -1.88. The third-order valence-electron chi connectivity index (χ3n) is 5.12. The minimum absolute atomic E-state index is 0.145. The Kier molecular flexibility index (Phi) is 7.17. The number of esters is 1. The van der Waals surface area contributed by atoms with E-state index >= 15 is 0 Å². The number of ether oxygens (including phenoxy) is 1. The number of carbonyl (C=O) groups excluding carboxylic acids is 3. The van der Waals surface area contributed by atoms with Crippen LogP contribution in [-0.4, -0.2) is 40.3 Å². The van der Waals surface area contributed by atoms with E-state index in [0.29, 0.717) is 4.88 Å². The molecule has 0 bridgehead atoms. The third-order valence-corrected chi connectivity index (χ3v) is 5.99. The molecule has 10 nitrogen and oxygen atoms in total. The maximum Gasteiger partial charge on any atom is 0.329 e. The van der Waals surface area contributed by atoms with Crippen LogP contribution in [0.1, 0.15) is 15.2 Å². The van der Waals surface area contributed by atoms with Gasteiger partial charge in [0.15, 0.2) is 6.61 Å². The fourth-order valence-corrected chi connectivity index (χ4v) is 4.11. The van der Waals surface area contributed by atoms with Crippen LogP contribution < -0.4 is 10.6 Å². The van der Waals surface area contributed by atoms with Gasteiger partial charge in [0.1, 0.15) is 6.04 Å². The fourth-order valence-electron chi connectivity index (χ4n) is 3.48. The van der Waals surface area contributed by atoms with Crippen molar-refractivity contribution in [1.29, 1.82) is 0 Å². The Bertz CT molecular complexity index is 1380.